The van der Waals surface area contributed by atoms with E-state index in [1.54, 1.807) is 6.92 Å². The van der Waals surface area contributed by atoms with Gasteiger partial charge in [0.2, 0.25) is 0 Å². The average molecular weight is 268 g/mol. The number of ether oxygens (including phenoxy) is 2. The Morgan fingerprint density at radius 2 is 2.05 bits per heavy atom. The van der Waals surface area contributed by atoms with Gasteiger partial charge in [-0.3, -0.25) is 0 Å². The summed E-state index contributed by atoms with van der Waals surface area (Å²) in [6, 6.07) is 0. The fourth-order valence-corrected chi connectivity index (χ4v) is 2.85. The molecule has 110 valence electrons. The highest BCUT2D eigenvalue weighted by atomic mass is 16.5. The lowest BCUT2D eigenvalue weighted by Crippen LogP contribution is -2.34. The van der Waals surface area contributed by atoms with Crippen LogP contribution in [-0.4, -0.2) is 25.8 Å². The van der Waals surface area contributed by atoms with Gasteiger partial charge in [-0.2, -0.15) is 0 Å². The SMILES string of the molecule is COC(=O)C(C)=CCOC1CC(C)CCC1C(C)C. The lowest BCUT2D eigenvalue weighted by atomic mass is 9.75. The third kappa shape index (κ3) is 4.98. The minimum absolute atomic E-state index is 0.277. The predicted octanol–water partition coefficient (Wildman–Crippen LogP) is 3.58. The van der Waals surface area contributed by atoms with Crippen LogP contribution in [0, 0.1) is 17.8 Å². The van der Waals surface area contributed by atoms with E-state index in [1.165, 1.54) is 20.0 Å². The van der Waals surface area contributed by atoms with Gasteiger partial charge >= 0.3 is 5.97 Å². The summed E-state index contributed by atoms with van der Waals surface area (Å²) in [5.41, 5.74) is 0.618. The van der Waals surface area contributed by atoms with E-state index in [-0.39, 0.29) is 5.97 Å². The largest absolute Gasteiger partial charge is 0.466 e. The molecule has 3 heteroatoms. The van der Waals surface area contributed by atoms with Gasteiger partial charge in [-0.1, -0.05) is 27.2 Å². The fraction of sp³-hybridized carbons (Fsp3) is 0.812. The first-order valence-electron chi connectivity index (χ1n) is 7.32. The molecule has 1 aliphatic rings. The van der Waals surface area contributed by atoms with Gasteiger partial charge in [0, 0.05) is 5.57 Å². The topological polar surface area (TPSA) is 35.5 Å². The van der Waals surface area contributed by atoms with E-state index in [2.05, 4.69) is 25.5 Å². The zero-order valence-electron chi connectivity index (χ0n) is 12.9. The first-order valence-corrected chi connectivity index (χ1v) is 7.32. The molecule has 0 saturated heterocycles. The zero-order valence-corrected chi connectivity index (χ0v) is 12.9. The van der Waals surface area contributed by atoms with E-state index >= 15 is 0 Å². The predicted molar refractivity (Wildman–Crippen MR) is 76.9 cm³/mol. The van der Waals surface area contributed by atoms with Crippen LogP contribution in [0.3, 0.4) is 0 Å². The Morgan fingerprint density at radius 3 is 2.63 bits per heavy atom. The lowest BCUT2D eigenvalue weighted by molar-refractivity contribution is -0.136. The third-order valence-electron chi connectivity index (χ3n) is 4.17. The normalized spacial score (nSPS) is 28.5. The van der Waals surface area contributed by atoms with Crippen LogP contribution in [0.25, 0.3) is 0 Å². The maximum Gasteiger partial charge on any atom is 0.333 e. The van der Waals surface area contributed by atoms with Crippen LogP contribution in [-0.2, 0) is 14.3 Å². The van der Waals surface area contributed by atoms with Crippen molar-refractivity contribution in [3.05, 3.63) is 11.6 Å². The number of carbonyl (C=O) groups excluding carboxylic acids is 1. The number of esters is 1. The highest BCUT2D eigenvalue weighted by molar-refractivity contribution is 5.87. The Balaban J connectivity index is 2.51. The summed E-state index contributed by atoms with van der Waals surface area (Å²) >= 11 is 0. The van der Waals surface area contributed by atoms with E-state index in [4.69, 9.17) is 4.74 Å². The van der Waals surface area contributed by atoms with E-state index < -0.39 is 0 Å². The number of rotatable bonds is 5. The van der Waals surface area contributed by atoms with Crippen molar-refractivity contribution < 1.29 is 14.3 Å². The van der Waals surface area contributed by atoms with Gasteiger partial charge in [0.1, 0.15) is 0 Å². The molecule has 3 nitrogen and oxygen atoms in total. The monoisotopic (exact) mass is 268 g/mol. The molecule has 1 rings (SSSR count). The molecular weight excluding hydrogens is 240 g/mol. The average Bonchev–Trinajstić information content (AvgIpc) is 2.37. The molecule has 0 heterocycles. The summed E-state index contributed by atoms with van der Waals surface area (Å²) in [6.45, 7) is 9.10. The van der Waals surface area contributed by atoms with Crippen LogP contribution < -0.4 is 0 Å². The molecule has 0 N–H and O–H groups in total. The maximum absolute atomic E-state index is 11.3. The highest BCUT2D eigenvalue weighted by Gasteiger charge is 2.31. The summed E-state index contributed by atoms with van der Waals surface area (Å²) in [7, 11) is 1.40. The van der Waals surface area contributed by atoms with Crippen LogP contribution in [0.15, 0.2) is 11.6 Å². The van der Waals surface area contributed by atoms with Crippen LogP contribution in [0.5, 0.6) is 0 Å². The minimum Gasteiger partial charge on any atom is -0.466 e. The summed E-state index contributed by atoms with van der Waals surface area (Å²) in [6.07, 6.45) is 5.84. The van der Waals surface area contributed by atoms with Crippen molar-refractivity contribution in [1.82, 2.24) is 0 Å². The Kier molecular flexibility index (Phi) is 6.56. The van der Waals surface area contributed by atoms with Crippen molar-refractivity contribution in [3.8, 4) is 0 Å². The number of carbonyl (C=O) groups is 1. The molecule has 0 aliphatic heterocycles. The summed E-state index contributed by atoms with van der Waals surface area (Å²) < 4.78 is 10.7. The molecule has 0 bridgehead atoms. The molecular formula is C16H28O3. The second kappa shape index (κ2) is 7.68. The molecule has 0 aromatic rings. The van der Waals surface area contributed by atoms with Gasteiger partial charge in [-0.15, -0.1) is 0 Å². The number of hydrogen-bond acceptors (Lipinski definition) is 3. The number of methoxy groups -OCH3 is 1. The Labute approximate surface area is 117 Å². The molecule has 19 heavy (non-hydrogen) atoms. The molecule has 0 radical (unpaired) electrons. The lowest BCUT2D eigenvalue weighted by Gasteiger charge is -2.37. The van der Waals surface area contributed by atoms with Crippen LogP contribution in [0.1, 0.15) is 47.0 Å². The van der Waals surface area contributed by atoms with Crippen molar-refractivity contribution >= 4 is 5.97 Å². The van der Waals surface area contributed by atoms with Crippen molar-refractivity contribution in [2.24, 2.45) is 17.8 Å². The third-order valence-corrected chi connectivity index (χ3v) is 4.17. The second-order valence-electron chi connectivity index (χ2n) is 6.08. The molecule has 3 unspecified atom stereocenters. The standard InChI is InChI=1S/C16H28O3/c1-11(2)14-7-6-12(3)10-15(14)19-9-8-13(4)16(17)18-5/h8,11-12,14-15H,6-7,9-10H2,1-5H3. The van der Waals surface area contributed by atoms with E-state index in [0.717, 1.165) is 12.3 Å². The van der Waals surface area contributed by atoms with Crippen LogP contribution in [0.2, 0.25) is 0 Å². The second-order valence-corrected chi connectivity index (χ2v) is 6.08. The van der Waals surface area contributed by atoms with Crippen LogP contribution >= 0.6 is 0 Å². The van der Waals surface area contributed by atoms with Crippen molar-refractivity contribution in [2.75, 3.05) is 13.7 Å². The van der Waals surface area contributed by atoms with Gasteiger partial charge < -0.3 is 9.47 Å². The van der Waals surface area contributed by atoms with Crippen molar-refractivity contribution in [1.29, 1.82) is 0 Å². The summed E-state index contributed by atoms with van der Waals surface area (Å²) in [4.78, 5) is 11.3. The van der Waals surface area contributed by atoms with Gasteiger partial charge in [0.05, 0.1) is 19.8 Å². The van der Waals surface area contributed by atoms with Crippen LogP contribution in [0.4, 0.5) is 0 Å². The molecule has 1 aliphatic carbocycles. The quantitative estimate of drug-likeness (QED) is 0.564. The van der Waals surface area contributed by atoms with Gasteiger partial charge in [0.25, 0.3) is 0 Å². The van der Waals surface area contributed by atoms with E-state index in [1.807, 2.05) is 6.08 Å². The fourth-order valence-electron chi connectivity index (χ4n) is 2.85. The smallest absolute Gasteiger partial charge is 0.333 e. The highest BCUT2D eigenvalue weighted by Crippen LogP contribution is 2.35. The van der Waals surface area contributed by atoms with E-state index in [9.17, 15) is 4.79 Å². The molecule has 0 spiro atoms. The summed E-state index contributed by atoms with van der Waals surface area (Å²) in [5.74, 6) is 1.76. The molecule has 1 fully saturated rings. The van der Waals surface area contributed by atoms with Gasteiger partial charge in [-0.25, -0.2) is 4.79 Å². The molecule has 0 aromatic carbocycles. The molecule has 3 atom stereocenters. The minimum atomic E-state index is -0.277. The molecule has 0 aromatic heterocycles. The maximum atomic E-state index is 11.3. The zero-order chi connectivity index (χ0) is 14.4. The summed E-state index contributed by atoms with van der Waals surface area (Å²) in [5, 5.41) is 0. The first-order chi connectivity index (χ1) is 8.95. The Hall–Kier alpha value is -0.830. The first kappa shape index (κ1) is 16.2. The Morgan fingerprint density at radius 1 is 1.37 bits per heavy atom. The van der Waals surface area contributed by atoms with Crippen molar-refractivity contribution in [3.63, 3.8) is 0 Å². The number of hydrogen-bond donors (Lipinski definition) is 0. The molecule has 0 amide bonds. The van der Waals surface area contributed by atoms with Gasteiger partial charge in [-0.05, 0) is 43.6 Å². The molecule has 1 saturated carbocycles. The van der Waals surface area contributed by atoms with Crippen molar-refractivity contribution in [2.45, 2.75) is 53.1 Å². The van der Waals surface area contributed by atoms with Gasteiger partial charge in [0.15, 0.2) is 0 Å². The Bertz CT molecular complexity index is 320. The van der Waals surface area contributed by atoms with E-state index in [0.29, 0.717) is 30.1 Å².